The Morgan fingerprint density at radius 1 is 1.55 bits per heavy atom. The minimum absolute atomic E-state index is 0.0260. The molecule has 0 radical (unpaired) electrons. The number of carboxylic acid groups (broad SMARTS) is 1. The van der Waals surface area contributed by atoms with E-state index in [-0.39, 0.29) is 6.42 Å². The van der Waals surface area contributed by atoms with Gasteiger partial charge in [-0.2, -0.15) is 4.39 Å². The second-order valence-electron chi connectivity index (χ2n) is 4.66. The second-order valence-corrected chi connectivity index (χ2v) is 4.66. The smallest absolute Gasteiger partial charge is 0.364 e. The molecule has 9 nitrogen and oxygen atoms in total. The van der Waals surface area contributed by atoms with Gasteiger partial charge in [0.15, 0.2) is 0 Å². The van der Waals surface area contributed by atoms with Crippen LogP contribution in [0.4, 0.5) is 4.39 Å². The number of aliphatic carboxylic acids is 1. The van der Waals surface area contributed by atoms with Crippen molar-refractivity contribution >= 4 is 12.0 Å². The van der Waals surface area contributed by atoms with Gasteiger partial charge < -0.3 is 20.1 Å². The molecule has 0 aromatic carbocycles. The molecule has 4 N–H and O–H groups in total. The van der Waals surface area contributed by atoms with Crippen LogP contribution in [0.15, 0.2) is 21.6 Å². The Hall–Kier alpha value is -2.30. The summed E-state index contributed by atoms with van der Waals surface area (Å²) in [6, 6.07) is 0. The van der Waals surface area contributed by atoms with E-state index < -0.39 is 53.7 Å². The summed E-state index contributed by atoms with van der Waals surface area (Å²) in [6.07, 6.45) is -1.51. The summed E-state index contributed by atoms with van der Waals surface area (Å²) in [5.74, 6) is -3.43. The van der Waals surface area contributed by atoms with E-state index in [0.717, 1.165) is 10.8 Å². The Labute approximate surface area is 121 Å². The molecule has 0 saturated carbocycles. The first-order valence-corrected chi connectivity index (χ1v) is 6.23. The number of nitrogens with zero attached hydrogens (tertiary/aromatic N) is 1. The van der Waals surface area contributed by atoms with E-state index in [2.05, 4.69) is 0 Å². The Balaban J connectivity index is 2.42. The van der Waals surface area contributed by atoms with Crippen LogP contribution >= 0.6 is 0 Å². The highest BCUT2D eigenvalue weighted by Gasteiger charge is 2.35. The lowest BCUT2D eigenvalue weighted by Crippen LogP contribution is -2.33. The zero-order valence-electron chi connectivity index (χ0n) is 11.1. The van der Waals surface area contributed by atoms with Gasteiger partial charge in [-0.1, -0.05) is 0 Å². The number of aromatic amines is 1. The van der Waals surface area contributed by atoms with Gasteiger partial charge in [-0.05, 0) is 6.08 Å². The highest BCUT2D eigenvalue weighted by molar-refractivity contribution is 5.89. The molecule has 1 aliphatic heterocycles. The van der Waals surface area contributed by atoms with Crippen LogP contribution in [0.25, 0.3) is 6.08 Å². The number of H-pyrrole nitrogens is 1. The van der Waals surface area contributed by atoms with Crippen LogP contribution in [0.1, 0.15) is 18.2 Å². The van der Waals surface area contributed by atoms with Gasteiger partial charge in [0.1, 0.15) is 12.3 Å². The van der Waals surface area contributed by atoms with Crippen molar-refractivity contribution in [2.45, 2.75) is 24.9 Å². The van der Waals surface area contributed by atoms with Crippen LogP contribution in [-0.2, 0) is 9.53 Å². The third-order valence-corrected chi connectivity index (χ3v) is 3.18. The van der Waals surface area contributed by atoms with Gasteiger partial charge in [-0.25, -0.2) is 9.59 Å². The number of ether oxygens (including phenoxy) is 1. The maximum atomic E-state index is 13.1. The van der Waals surface area contributed by atoms with Crippen LogP contribution in [0.3, 0.4) is 0 Å². The lowest BCUT2D eigenvalue weighted by Gasteiger charge is -2.14. The predicted octanol–water partition coefficient (Wildman–Crippen LogP) is -1.43. The minimum atomic E-state index is -1.86. The minimum Gasteiger partial charge on any atom is -0.476 e. The number of halogens is 1. The fourth-order valence-electron chi connectivity index (χ4n) is 2.07. The number of rotatable bonds is 4. The summed E-state index contributed by atoms with van der Waals surface area (Å²) >= 11 is 0. The van der Waals surface area contributed by atoms with Gasteiger partial charge in [0, 0.05) is 12.6 Å². The molecule has 2 rings (SSSR count). The van der Waals surface area contributed by atoms with Crippen molar-refractivity contribution in [3.8, 4) is 0 Å². The Morgan fingerprint density at radius 2 is 2.23 bits per heavy atom. The van der Waals surface area contributed by atoms with Crippen LogP contribution in [0.2, 0.25) is 0 Å². The third-order valence-electron chi connectivity index (χ3n) is 3.18. The van der Waals surface area contributed by atoms with Gasteiger partial charge in [-0.3, -0.25) is 14.3 Å². The number of hydrogen-bond acceptors (Lipinski definition) is 6. The highest BCUT2D eigenvalue weighted by Crippen LogP contribution is 2.27. The van der Waals surface area contributed by atoms with Crippen molar-refractivity contribution in [2.24, 2.45) is 0 Å². The predicted molar refractivity (Wildman–Crippen MR) is 69.7 cm³/mol. The average molecular weight is 316 g/mol. The molecule has 0 spiro atoms. The third kappa shape index (κ3) is 3.13. The summed E-state index contributed by atoms with van der Waals surface area (Å²) < 4.78 is 19.2. The van der Waals surface area contributed by atoms with Crippen LogP contribution in [-0.4, -0.2) is 49.7 Å². The van der Waals surface area contributed by atoms with Gasteiger partial charge in [0.05, 0.1) is 18.3 Å². The Bertz CT molecular complexity index is 723. The largest absolute Gasteiger partial charge is 0.476 e. The van der Waals surface area contributed by atoms with Gasteiger partial charge in [0.25, 0.3) is 5.56 Å². The molecule has 0 aliphatic carbocycles. The number of nitrogens with one attached hydrogen (secondary N) is 1. The maximum Gasteiger partial charge on any atom is 0.364 e. The second kappa shape index (κ2) is 6.22. The molecule has 3 atom stereocenters. The van der Waals surface area contributed by atoms with Gasteiger partial charge >= 0.3 is 11.7 Å². The molecule has 120 valence electrons. The normalized spacial score (nSPS) is 25.4. The number of aliphatic hydroxyl groups is 2. The molecule has 1 fully saturated rings. The first kappa shape index (κ1) is 16.1. The molecule has 2 heterocycles. The van der Waals surface area contributed by atoms with E-state index in [1.54, 1.807) is 0 Å². The fraction of sp³-hybridized carbons (Fsp3) is 0.417. The molecule has 10 heteroatoms. The highest BCUT2D eigenvalue weighted by atomic mass is 19.1. The molecule has 1 aliphatic rings. The monoisotopic (exact) mass is 316 g/mol. The molecule has 1 saturated heterocycles. The van der Waals surface area contributed by atoms with E-state index in [9.17, 15) is 23.9 Å². The van der Waals surface area contributed by atoms with E-state index in [1.807, 2.05) is 4.98 Å². The molecular formula is C12H13FN2O7. The summed E-state index contributed by atoms with van der Waals surface area (Å²) in [5, 5.41) is 27.1. The summed E-state index contributed by atoms with van der Waals surface area (Å²) in [7, 11) is 0. The number of aromatic nitrogens is 2. The topological polar surface area (TPSA) is 142 Å². The zero-order chi connectivity index (χ0) is 16.4. The first-order valence-electron chi connectivity index (χ1n) is 6.23. The molecule has 0 amide bonds. The number of carboxylic acids is 1. The maximum absolute atomic E-state index is 13.1. The van der Waals surface area contributed by atoms with E-state index in [1.165, 1.54) is 0 Å². The van der Waals surface area contributed by atoms with E-state index in [4.69, 9.17) is 14.9 Å². The summed E-state index contributed by atoms with van der Waals surface area (Å²) in [6.45, 7) is -0.462. The molecular weight excluding hydrogens is 303 g/mol. The van der Waals surface area contributed by atoms with Crippen molar-refractivity contribution < 1.29 is 29.2 Å². The SMILES string of the molecule is O=C(O)/C(F)=C/c1cn(C2CC(O)[C@@H](CO)O2)c(=O)[nH]c1=O. The molecule has 0 bridgehead atoms. The standard InChI is InChI=1S/C12H13FN2O7/c13-6(11(19)20)1-5-3-15(12(21)14-10(5)18)9-2-7(17)8(4-16)22-9/h1,3,7-9,16-17H,2,4H2,(H,19,20)(H,14,18,21)/b6-1-/t7?,8-,9?/m1/s1. The molecule has 2 unspecified atom stereocenters. The van der Waals surface area contributed by atoms with Crippen molar-refractivity contribution in [2.75, 3.05) is 6.61 Å². The van der Waals surface area contributed by atoms with E-state index >= 15 is 0 Å². The van der Waals surface area contributed by atoms with Crippen LogP contribution in [0, 0.1) is 0 Å². The number of carbonyl (C=O) groups is 1. The number of aliphatic hydroxyl groups excluding tert-OH is 2. The lowest BCUT2D eigenvalue weighted by atomic mass is 10.2. The van der Waals surface area contributed by atoms with E-state index in [0.29, 0.717) is 6.08 Å². The quantitative estimate of drug-likeness (QED) is 0.499. The van der Waals surface area contributed by atoms with Crippen LogP contribution in [0.5, 0.6) is 0 Å². The van der Waals surface area contributed by atoms with Crippen molar-refractivity contribution in [3.63, 3.8) is 0 Å². The van der Waals surface area contributed by atoms with Crippen molar-refractivity contribution in [3.05, 3.63) is 38.4 Å². The zero-order valence-corrected chi connectivity index (χ0v) is 11.1. The average Bonchev–Trinajstić information content (AvgIpc) is 2.82. The van der Waals surface area contributed by atoms with Gasteiger partial charge in [0.2, 0.25) is 5.83 Å². The first-order chi connectivity index (χ1) is 10.3. The molecule has 1 aromatic heterocycles. The lowest BCUT2D eigenvalue weighted by molar-refractivity contribution is -0.134. The summed E-state index contributed by atoms with van der Waals surface area (Å²) in [5.41, 5.74) is -2.23. The molecule has 22 heavy (non-hydrogen) atoms. The Morgan fingerprint density at radius 3 is 2.77 bits per heavy atom. The van der Waals surface area contributed by atoms with Crippen molar-refractivity contribution in [1.29, 1.82) is 0 Å². The van der Waals surface area contributed by atoms with Gasteiger partial charge in [-0.15, -0.1) is 0 Å². The summed E-state index contributed by atoms with van der Waals surface area (Å²) in [4.78, 5) is 35.6. The van der Waals surface area contributed by atoms with Crippen molar-refractivity contribution in [1.82, 2.24) is 9.55 Å². The number of hydrogen-bond donors (Lipinski definition) is 4. The van der Waals surface area contributed by atoms with Crippen LogP contribution < -0.4 is 11.2 Å². The molecule has 1 aromatic rings. The fourth-order valence-corrected chi connectivity index (χ4v) is 2.07. The Kier molecular flexibility index (Phi) is 4.54.